The summed E-state index contributed by atoms with van der Waals surface area (Å²) in [6, 6.07) is 7.74. The molecule has 0 spiro atoms. The standard InChI is InChI=1S/C18H34O2.C6H5N3.C6H14O3/c1-2-3-4-5-6-7-8-9-10-11-12-13-14-15-16-17-18(19)20;1-2-4-6-5(3-1)7-9-8-6;1-2-6(3-7,4-8)5-9/h9-10H,2-8,11-17H2,1H3,(H,19,20);1-4H,(H,7,8,9);7-9H,2-5H2,1H3/b10-9-;;. The number of nitrogens with zero attached hydrogens (tertiary/aromatic N) is 2. The monoisotopic (exact) mass is 535 g/mol. The van der Waals surface area contributed by atoms with E-state index in [0.717, 1.165) is 23.9 Å². The molecule has 0 aliphatic carbocycles. The van der Waals surface area contributed by atoms with Crippen molar-refractivity contribution in [3.05, 3.63) is 36.4 Å². The molecule has 0 saturated heterocycles. The third-order valence-electron chi connectivity index (χ3n) is 6.64. The number of para-hydroxylation sites is 1. The van der Waals surface area contributed by atoms with E-state index < -0.39 is 11.4 Å². The first-order valence-electron chi connectivity index (χ1n) is 14.4. The highest BCUT2D eigenvalue weighted by Crippen LogP contribution is 2.18. The summed E-state index contributed by atoms with van der Waals surface area (Å²) >= 11 is 0. The smallest absolute Gasteiger partial charge is 0.303 e. The molecule has 0 saturated carbocycles. The Morgan fingerprint density at radius 1 is 0.816 bits per heavy atom. The minimum atomic E-state index is -0.667. The molecule has 0 amide bonds. The number of aliphatic hydroxyl groups excluding tert-OH is 3. The van der Waals surface area contributed by atoms with Gasteiger partial charge in [-0.25, -0.2) is 0 Å². The van der Waals surface area contributed by atoms with Crippen molar-refractivity contribution in [1.29, 1.82) is 0 Å². The van der Waals surface area contributed by atoms with Crippen molar-refractivity contribution in [3.8, 4) is 0 Å². The third kappa shape index (κ3) is 18.9. The summed E-state index contributed by atoms with van der Waals surface area (Å²) in [5.74, 6) is -0.664. The Labute approximate surface area is 229 Å². The fourth-order valence-electron chi connectivity index (χ4n) is 3.62. The van der Waals surface area contributed by atoms with Gasteiger partial charge in [0.25, 0.3) is 0 Å². The highest BCUT2D eigenvalue weighted by molar-refractivity contribution is 5.72. The maximum Gasteiger partial charge on any atom is 0.303 e. The van der Waals surface area contributed by atoms with Gasteiger partial charge < -0.3 is 20.4 Å². The van der Waals surface area contributed by atoms with Gasteiger partial charge in [-0.1, -0.05) is 94.7 Å². The van der Waals surface area contributed by atoms with Gasteiger partial charge in [-0.05, 0) is 50.7 Å². The van der Waals surface area contributed by atoms with Crippen molar-refractivity contribution in [3.63, 3.8) is 0 Å². The average Bonchev–Trinajstić information content (AvgIpc) is 3.42. The van der Waals surface area contributed by atoms with Crippen LogP contribution in [0.1, 0.15) is 110 Å². The fraction of sp³-hybridized carbons (Fsp3) is 0.700. The number of allylic oxidation sites excluding steroid dienone is 2. The van der Waals surface area contributed by atoms with Gasteiger partial charge in [-0.15, -0.1) is 5.10 Å². The lowest BCUT2D eigenvalue weighted by Crippen LogP contribution is -2.32. The first-order valence-corrected chi connectivity index (χ1v) is 14.4. The van der Waals surface area contributed by atoms with Crippen molar-refractivity contribution >= 4 is 17.0 Å². The molecule has 5 N–H and O–H groups in total. The highest BCUT2D eigenvalue weighted by Gasteiger charge is 2.24. The van der Waals surface area contributed by atoms with Gasteiger partial charge in [0.15, 0.2) is 0 Å². The van der Waals surface area contributed by atoms with Crippen molar-refractivity contribution in [2.24, 2.45) is 5.41 Å². The first kappa shape index (κ1) is 35.7. The lowest BCUT2D eigenvalue weighted by Gasteiger charge is -2.24. The molecule has 0 radical (unpaired) electrons. The molecule has 0 aliphatic rings. The Balaban J connectivity index is 0.000000620. The topological polar surface area (TPSA) is 140 Å². The van der Waals surface area contributed by atoms with Gasteiger partial charge in [0.05, 0.1) is 25.3 Å². The summed E-state index contributed by atoms with van der Waals surface area (Å²) in [6.45, 7) is 3.61. The predicted molar refractivity (Wildman–Crippen MR) is 155 cm³/mol. The van der Waals surface area contributed by atoms with E-state index in [1.54, 1.807) is 0 Å². The van der Waals surface area contributed by atoms with Gasteiger partial charge >= 0.3 is 5.97 Å². The number of carbonyl (C=O) groups is 1. The molecule has 8 nitrogen and oxygen atoms in total. The van der Waals surface area contributed by atoms with Crippen LogP contribution in [0.5, 0.6) is 0 Å². The Hall–Kier alpha value is -2.29. The zero-order valence-corrected chi connectivity index (χ0v) is 23.8. The summed E-state index contributed by atoms with van der Waals surface area (Å²) < 4.78 is 0. The van der Waals surface area contributed by atoms with Crippen molar-refractivity contribution in [2.45, 2.75) is 110 Å². The normalized spacial score (nSPS) is 11.2. The molecule has 8 heteroatoms. The van der Waals surface area contributed by atoms with Gasteiger partial charge in [0.2, 0.25) is 0 Å². The van der Waals surface area contributed by atoms with E-state index in [0.29, 0.717) is 12.8 Å². The molecule has 218 valence electrons. The zero-order valence-electron chi connectivity index (χ0n) is 23.8. The number of fused-ring (bicyclic) bond motifs is 1. The van der Waals surface area contributed by atoms with Crippen LogP contribution in [-0.2, 0) is 4.79 Å². The van der Waals surface area contributed by atoms with Crippen LogP contribution in [0.3, 0.4) is 0 Å². The zero-order chi connectivity index (χ0) is 28.3. The minimum Gasteiger partial charge on any atom is -0.481 e. The van der Waals surface area contributed by atoms with E-state index in [1.807, 2.05) is 31.2 Å². The van der Waals surface area contributed by atoms with Crippen molar-refractivity contribution < 1.29 is 25.2 Å². The first-order chi connectivity index (χ1) is 18.5. The maximum absolute atomic E-state index is 10.3. The number of benzene rings is 1. The Bertz CT molecular complexity index is 773. The number of hydrogen-bond donors (Lipinski definition) is 5. The number of nitrogens with one attached hydrogen (secondary N) is 1. The summed E-state index contributed by atoms with van der Waals surface area (Å²) in [4.78, 5) is 10.3. The van der Waals surface area contributed by atoms with E-state index >= 15 is 0 Å². The maximum atomic E-state index is 10.3. The lowest BCUT2D eigenvalue weighted by molar-refractivity contribution is -0.137. The van der Waals surface area contributed by atoms with Crippen LogP contribution in [0.2, 0.25) is 0 Å². The average molecular weight is 536 g/mol. The Morgan fingerprint density at radius 3 is 1.82 bits per heavy atom. The summed E-state index contributed by atoms with van der Waals surface area (Å²) in [6.07, 6.45) is 21.8. The number of unbranched alkanes of at least 4 members (excludes halogenated alkanes) is 11. The molecule has 38 heavy (non-hydrogen) atoms. The molecule has 0 fully saturated rings. The fourth-order valence-corrected chi connectivity index (χ4v) is 3.62. The molecule has 0 unspecified atom stereocenters. The van der Waals surface area contributed by atoms with Crippen LogP contribution in [0, 0.1) is 5.41 Å². The van der Waals surface area contributed by atoms with Gasteiger partial charge in [-0.3, -0.25) is 9.89 Å². The summed E-state index contributed by atoms with van der Waals surface area (Å²) in [7, 11) is 0. The molecule has 0 bridgehead atoms. The number of aliphatic hydroxyl groups is 3. The van der Waals surface area contributed by atoms with Crippen molar-refractivity contribution in [2.75, 3.05) is 19.8 Å². The van der Waals surface area contributed by atoms with E-state index in [4.69, 9.17) is 20.4 Å². The van der Waals surface area contributed by atoms with Crippen LogP contribution in [-0.4, -0.2) is 61.6 Å². The quantitative estimate of drug-likeness (QED) is 0.103. The third-order valence-corrected chi connectivity index (χ3v) is 6.64. The molecular formula is C30H53N3O5. The number of carboxylic acid groups (broad SMARTS) is 1. The number of H-pyrrole nitrogens is 1. The van der Waals surface area contributed by atoms with Crippen LogP contribution < -0.4 is 0 Å². The molecule has 0 atom stereocenters. The van der Waals surface area contributed by atoms with Gasteiger partial charge in [0.1, 0.15) is 5.52 Å². The van der Waals surface area contributed by atoms with Crippen LogP contribution >= 0.6 is 0 Å². The lowest BCUT2D eigenvalue weighted by atomic mass is 9.88. The molecule has 1 aromatic heterocycles. The van der Waals surface area contributed by atoms with Crippen molar-refractivity contribution in [1.82, 2.24) is 15.4 Å². The summed E-state index contributed by atoms with van der Waals surface area (Å²) in [5.41, 5.74) is 1.23. The highest BCUT2D eigenvalue weighted by atomic mass is 16.4. The molecule has 2 aromatic rings. The van der Waals surface area contributed by atoms with E-state index in [2.05, 4.69) is 34.5 Å². The molecule has 0 aliphatic heterocycles. The van der Waals surface area contributed by atoms with E-state index in [-0.39, 0.29) is 19.8 Å². The van der Waals surface area contributed by atoms with Crippen LogP contribution in [0.4, 0.5) is 0 Å². The number of rotatable bonds is 19. The molecule has 2 rings (SSSR count). The Kier molecular flexibility index (Phi) is 23.5. The number of aliphatic carboxylic acids is 1. The van der Waals surface area contributed by atoms with E-state index in [9.17, 15) is 4.79 Å². The van der Waals surface area contributed by atoms with Crippen LogP contribution in [0.15, 0.2) is 36.4 Å². The molecular weight excluding hydrogens is 482 g/mol. The van der Waals surface area contributed by atoms with Crippen LogP contribution in [0.25, 0.3) is 11.0 Å². The number of aromatic amines is 1. The molecule has 1 heterocycles. The second-order valence-electron chi connectivity index (χ2n) is 9.88. The second kappa shape index (κ2) is 25.0. The minimum absolute atomic E-state index is 0.156. The van der Waals surface area contributed by atoms with E-state index in [1.165, 1.54) is 70.6 Å². The Morgan fingerprint density at radius 2 is 1.34 bits per heavy atom. The largest absolute Gasteiger partial charge is 0.481 e. The molecule has 1 aromatic carbocycles. The second-order valence-corrected chi connectivity index (χ2v) is 9.88. The van der Waals surface area contributed by atoms with Gasteiger partial charge in [0, 0.05) is 11.8 Å². The number of hydrogen-bond acceptors (Lipinski definition) is 6. The predicted octanol–water partition coefficient (Wildman–Crippen LogP) is 6.43. The number of aromatic nitrogens is 3. The SMILES string of the molecule is CCC(CO)(CO)CO.CCCCCCCC/C=C\CCCCCCCC(=O)O.c1ccc2[nH]nnc2c1. The summed E-state index contributed by atoms with van der Waals surface area (Å²) in [5, 5.41) is 44.7. The van der Waals surface area contributed by atoms with Gasteiger partial charge in [-0.2, -0.15) is 0 Å². The number of carboxylic acids is 1.